The third-order valence-electron chi connectivity index (χ3n) is 0.909. The van der Waals surface area contributed by atoms with Crippen molar-refractivity contribution in [3.05, 3.63) is 53.8 Å². The Morgan fingerprint density at radius 1 is 0.750 bits per heavy atom. The van der Waals surface area contributed by atoms with Gasteiger partial charge in [-0.3, -0.25) is 0 Å². The van der Waals surface area contributed by atoms with Crippen molar-refractivity contribution in [3.63, 3.8) is 0 Å². The Morgan fingerprint density at radius 2 is 1.08 bits per heavy atom. The van der Waals surface area contributed by atoms with Gasteiger partial charge < -0.3 is 8.83 Å². The predicted octanol–water partition coefficient (Wildman–Crippen LogP) is -1.69. The summed E-state index contributed by atoms with van der Waals surface area (Å²) >= 11 is 0. The average molecular weight is 170 g/mol. The molecule has 0 amide bonds. The highest BCUT2D eigenvalue weighted by Crippen LogP contribution is 1.55. The van der Waals surface area contributed by atoms with Gasteiger partial charge in [-0.1, -0.05) is 0 Å². The summed E-state index contributed by atoms with van der Waals surface area (Å²) < 4.78 is 7.72. The van der Waals surface area contributed by atoms with Crippen molar-refractivity contribution >= 4 is 0 Å². The minimum atomic E-state index is -1.50. The van der Waals surface area contributed by atoms with E-state index >= 15 is 0 Å². The zero-order valence-corrected chi connectivity index (χ0v) is 5.60. The zero-order valence-electron chi connectivity index (χ0n) is 5.60. The first kappa shape index (κ1) is 8.12. The largest absolute Gasteiger partial charge is 0.425 e. The Hall–Kier alpha value is -1.98. The van der Waals surface area contributed by atoms with Crippen LogP contribution in [0.3, 0.4) is 0 Å². The van der Waals surface area contributed by atoms with Crippen LogP contribution in [0.5, 0.6) is 0 Å². The highest BCUT2D eigenvalue weighted by molar-refractivity contribution is 4.79. The molecule has 0 aliphatic rings. The number of hydrogen-bond donors (Lipinski definition) is 0. The van der Waals surface area contributed by atoms with Crippen LogP contribution >= 0.6 is 0 Å². The summed E-state index contributed by atoms with van der Waals surface area (Å²) in [6.07, 6.45) is 0. The van der Waals surface area contributed by atoms with E-state index in [-0.39, 0.29) is 0 Å². The molecule has 1 aromatic rings. The van der Waals surface area contributed by atoms with Crippen LogP contribution in [0.25, 0.3) is 0 Å². The third-order valence-corrected chi connectivity index (χ3v) is 0.909. The minimum absolute atomic E-state index is 0.687. The molecule has 0 saturated carbocycles. The molecule has 0 bridgehead atoms. The maximum Gasteiger partial charge on any atom is 0.425 e. The maximum atomic E-state index is 10.4. The molecule has 1 heterocycles. The first-order valence-electron chi connectivity index (χ1n) is 2.79. The van der Waals surface area contributed by atoms with Crippen molar-refractivity contribution < 1.29 is 8.83 Å². The molecule has 0 radical (unpaired) electrons. The Balaban J connectivity index is 3.89. The fourth-order valence-corrected chi connectivity index (χ4v) is 0.470. The standard InChI is InChI=1S/C6H2O6/c7-3-1-2-4(8)12-6(10)5(9)11-3/h1-2H. The quantitative estimate of drug-likeness (QED) is 0.431. The van der Waals surface area contributed by atoms with Gasteiger partial charge in [0.25, 0.3) is 0 Å². The van der Waals surface area contributed by atoms with E-state index in [9.17, 15) is 19.2 Å². The highest BCUT2D eigenvalue weighted by atomic mass is 16.5. The molecule has 6 nitrogen and oxygen atoms in total. The van der Waals surface area contributed by atoms with Gasteiger partial charge in [-0.05, 0) is 0 Å². The van der Waals surface area contributed by atoms with Crippen molar-refractivity contribution in [1.82, 2.24) is 0 Å². The van der Waals surface area contributed by atoms with E-state index in [0.29, 0.717) is 12.1 Å². The molecule has 0 aromatic carbocycles. The van der Waals surface area contributed by atoms with Crippen molar-refractivity contribution in [2.24, 2.45) is 0 Å². The molecule has 1 aromatic heterocycles. The summed E-state index contributed by atoms with van der Waals surface area (Å²) in [4.78, 5) is 41.7. The van der Waals surface area contributed by atoms with E-state index in [1.807, 2.05) is 0 Å². The maximum absolute atomic E-state index is 10.4. The normalized spacial score (nSPS) is 9.33. The second kappa shape index (κ2) is 2.95. The van der Waals surface area contributed by atoms with E-state index in [1.54, 1.807) is 0 Å². The summed E-state index contributed by atoms with van der Waals surface area (Å²) in [5.74, 6) is 0. The second-order valence-corrected chi connectivity index (χ2v) is 1.75. The van der Waals surface area contributed by atoms with Crippen molar-refractivity contribution in [1.29, 1.82) is 0 Å². The van der Waals surface area contributed by atoms with Gasteiger partial charge in [0, 0.05) is 12.1 Å². The molecule has 0 N–H and O–H groups in total. The lowest BCUT2D eigenvalue weighted by atomic mass is 10.6. The van der Waals surface area contributed by atoms with Crippen molar-refractivity contribution in [2.75, 3.05) is 0 Å². The summed E-state index contributed by atoms with van der Waals surface area (Å²) in [5.41, 5.74) is -5.16. The van der Waals surface area contributed by atoms with E-state index in [2.05, 4.69) is 8.83 Å². The molecule has 12 heavy (non-hydrogen) atoms. The molecule has 0 aliphatic carbocycles. The molecule has 0 unspecified atom stereocenters. The molecular weight excluding hydrogens is 168 g/mol. The molecule has 0 atom stereocenters. The first-order chi connectivity index (χ1) is 5.59. The molecule has 0 aliphatic heterocycles. The zero-order chi connectivity index (χ0) is 9.14. The van der Waals surface area contributed by atoms with Gasteiger partial charge in [-0.2, -0.15) is 0 Å². The lowest BCUT2D eigenvalue weighted by molar-refractivity contribution is 0.399. The fourth-order valence-electron chi connectivity index (χ4n) is 0.470. The van der Waals surface area contributed by atoms with Crippen LogP contribution in [0.1, 0.15) is 0 Å². The molecule has 0 spiro atoms. The molecule has 0 saturated heterocycles. The Morgan fingerprint density at radius 3 is 1.42 bits per heavy atom. The van der Waals surface area contributed by atoms with Gasteiger partial charge in [0.2, 0.25) is 0 Å². The van der Waals surface area contributed by atoms with Crippen LogP contribution in [-0.4, -0.2) is 0 Å². The van der Waals surface area contributed by atoms with Gasteiger partial charge in [0.1, 0.15) is 0 Å². The number of rotatable bonds is 0. The van der Waals surface area contributed by atoms with Gasteiger partial charge in [-0.25, -0.2) is 19.2 Å². The van der Waals surface area contributed by atoms with Gasteiger partial charge in [0.15, 0.2) is 0 Å². The van der Waals surface area contributed by atoms with Crippen molar-refractivity contribution in [2.45, 2.75) is 0 Å². The topological polar surface area (TPSA) is 94.6 Å². The summed E-state index contributed by atoms with van der Waals surface area (Å²) in [6.45, 7) is 0. The summed E-state index contributed by atoms with van der Waals surface area (Å²) in [5, 5.41) is 0. The Kier molecular flexibility index (Phi) is 2.00. The lowest BCUT2D eigenvalue weighted by Gasteiger charge is -1.72. The van der Waals surface area contributed by atoms with Gasteiger partial charge in [0.05, 0.1) is 0 Å². The smallest absolute Gasteiger partial charge is 0.381 e. The molecule has 1 rings (SSSR count). The van der Waals surface area contributed by atoms with E-state index in [4.69, 9.17) is 0 Å². The van der Waals surface area contributed by atoms with E-state index in [1.165, 1.54) is 0 Å². The van der Waals surface area contributed by atoms with E-state index < -0.39 is 22.5 Å². The molecule has 62 valence electrons. The van der Waals surface area contributed by atoms with Crippen LogP contribution < -0.4 is 22.5 Å². The highest BCUT2D eigenvalue weighted by Gasteiger charge is 1.94. The van der Waals surface area contributed by atoms with Crippen LogP contribution in [0.2, 0.25) is 0 Å². The Bertz CT molecular complexity index is 459. The first-order valence-corrected chi connectivity index (χ1v) is 2.79. The SMILES string of the molecule is O=c1ccc(=O)oc(=O)c(=O)o1. The molecule has 6 heteroatoms. The van der Waals surface area contributed by atoms with Crippen LogP contribution in [-0.2, 0) is 0 Å². The molecular formula is C6H2O6. The summed E-state index contributed by atoms with van der Waals surface area (Å²) in [6, 6.07) is 1.37. The van der Waals surface area contributed by atoms with Gasteiger partial charge in [-0.15, -0.1) is 0 Å². The van der Waals surface area contributed by atoms with Gasteiger partial charge >= 0.3 is 22.5 Å². The predicted molar refractivity (Wildman–Crippen MR) is 36.1 cm³/mol. The minimum Gasteiger partial charge on any atom is -0.381 e. The number of hydrogen-bond acceptors (Lipinski definition) is 6. The van der Waals surface area contributed by atoms with Crippen LogP contribution in [0, 0.1) is 0 Å². The monoisotopic (exact) mass is 170 g/mol. The molecule has 0 fully saturated rings. The third kappa shape index (κ3) is 1.75. The lowest BCUT2D eigenvalue weighted by Crippen LogP contribution is -2.26. The summed E-state index contributed by atoms with van der Waals surface area (Å²) in [7, 11) is 0. The second-order valence-electron chi connectivity index (χ2n) is 1.75. The van der Waals surface area contributed by atoms with Crippen LogP contribution in [0.4, 0.5) is 0 Å². The Labute approximate surface area is 63.7 Å². The van der Waals surface area contributed by atoms with E-state index in [0.717, 1.165) is 0 Å². The fraction of sp³-hybridized carbons (Fsp3) is 0. The van der Waals surface area contributed by atoms with Crippen molar-refractivity contribution in [3.8, 4) is 0 Å². The van der Waals surface area contributed by atoms with Crippen LogP contribution in [0.15, 0.2) is 40.1 Å². The average Bonchev–Trinajstić information content (AvgIpc) is 1.99.